The van der Waals surface area contributed by atoms with Crippen LogP contribution in [-0.2, 0) is 19.6 Å². The van der Waals surface area contributed by atoms with Gasteiger partial charge in [0.2, 0.25) is 21.8 Å². The van der Waals surface area contributed by atoms with Crippen molar-refractivity contribution in [3.63, 3.8) is 0 Å². The molecule has 2 amide bonds. The number of benzene rings is 1. The van der Waals surface area contributed by atoms with Gasteiger partial charge in [0.25, 0.3) is 0 Å². The van der Waals surface area contributed by atoms with Crippen molar-refractivity contribution >= 4 is 21.8 Å². The minimum absolute atomic E-state index is 0.0899. The van der Waals surface area contributed by atoms with Crippen LogP contribution in [0.1, 0.15) is 13.3 Å². The second-order valence-electron chi connectivity index (χ2n) is 5.48. The van der Waals surface area contributed by atoms with E-state index in [1.807, 2.05) is 0 Å². The molecule has 1 fully saturated rings. The van der Waals surface area contributed by atoms with Gasteiger partial charge in [0.15, 0.2) is 0 Å². The number of sulfonamides is 1. The maximum absolute atomic E-state index is 13.2. The molecule has 0 atom stereocenters. The molecule has 0 radical (unpaired) electrons. The van der Waals surface area contributed by atoms with E-state index in [1.165, 1.54) is 29.4 Å². The van der Waals surface area contributed by atoms with E-state index >= 15 is 0 Å². The number of nitrogens with one attached hydrogen (secondary N) is 1. The molecule has 1 aromatic rings. The Balaban J connectivity index is 1.92. The SMILES string of the molecule is CC(=O)NCCC(=O)N1CCN(S(=O)(=O)c2cccc(F)c2)CC1. The third-order valence-electron chi connectivity index (χ3n) is 3.74. The number of carbonyl (C=O) groups excluding carboxylic acids is 2. The Kier molecular flexibility index (Phi) is 5.89. The molecular formula is C15H20FN3O4S. The molecule has 1 aromatic carbocycles. The molecule has 0 unspecified atom stereocenters. The van der Waals surface area contributed by atoms with Gasteiger partial charge in [0.05, 0.1) is 4.90 Å². The number of rotatable bonds is 5. The molecule has 1 aliphatic rings. The molecule has 0 spiro atoms. The van der Waals surface area contributed by atoms with Crippen LogP contribution in [0.15, 0.2) is 29.2 Å². The fraction of sp³-hybridized carbons (Fsp3) is 0.467. The quantitative estimate of drug-likeness (QED) is 0.815. The van der Waals surface area contributed by atoms with Gasteiger partial charge in [-0.1, -0.05) is 6.07 Å². The highest BCUT2D eigenvalue weighted by Gasteiger charge is 2.30. The molecule has 0 saturated carbocycles. The monoisotopic (exact) mass is 357 g/mol. The Morgan fingerprint density at radius 1 is 1.21 bits per heavy atom. The van der Waals surface area contributed by atoms with Crippen molar-refractivity contribution in [3.05, 3.63) is 30.1 Å². The number of halogens is 1. The lowest BCUT2D eigenvalue weighted by molar-refractivity contribution is -0.132. The predicted octanol–water partition coefficient (Wildman–Crippen LogP) is 0.185. The zero-order valence-electron chi connectivity index (χ0n) is 13.4. The normalized spacial score (nSPS) is 16.0. The van der Waals surface area contributed by atoms with Gasteiger partial charge < -0.3 is 10.2 Å². The molecule has 1 saturated heterocycles. The molecule has 0 bridgehead atoms. The standard InChI is InChI=1S/C15H20FN3O4S/c1-12(20)17-6-5-15(21)18-7-9-19(10-8-18)24(22,23)14-4-2-3-13(16)11-14/h2-4,11H,5-10H2,1H3,(H,17,20). The Labute approximate surface area is 140 Å². The van der Waals surface area contributed by atoms with Crippen LogP contribution in [0.2, 0.25) is 0 Å². The zero-order valence-corrected chi connectivity index (χ0v) is 14.2. The number of nitrogens with zero attached hydrogens (tertiary/aromatic N) is 2. The van der Waals surface area contributed by atoms with Gasteiger partial charge in [-0.15, -0.1) is 0 Å². The summed E-state index contributed by atoms with van der Waals surface area (Å²) in [5, 5.41) is 2.55. The number of piperazine rings is 1. The average Bonchev–Trinajstić information content (AvgIpc) is 2.54. The van der Waals surface area contributed by atoms with E-state index in [2.05, 4.69) is 5.32 Å². The summed E-state index contributed by atoms with van der Waals surface area (Å²) in [4.78, 5) is 24.3. The molecular weight excluding hydrogens is 337 g/mol. The maximum Gasteiger partial charge on any atom is 0.243 e. The van der Waals surface area contributed by atoms with E-state index in [-0.39, 0.29) is 55.9 Å². The molecule has 2 rings (SSSR count). The van der Waals surface area contributed by atoms with Crippen LogP contribution in [-0.4, -0.2) is 62.2 Å². The molecule has 24 heavy (non-hydrogen) atoms. The predicted molar refractivity (Wildman–Crippen MR) is 85.0 cm³/mol. The summed E-state index contributed by atoms with van der Waals surface area (Å²) in [6, 6.07) is 4.87. The van der Waals surface area contributed by atoms with Crippen LogP contribution in [0.3, 0.4) is 0 Å². The third kappa shape index (κ3) is 4.51. The summed E-state index contributed by atoms with van der Waals surface area (Å²) in [6.45, 7) is 2.49. The van der Waals surface area contributed by atoms with Crippen LogP contribution in [0, 0.1) is 5.82 Å². The van der Waals surface area contributed by atoms with E-state index in [0.717, 1.165) is 6.07 Å². The summed E-state index contributed by atoms with van der Waals surface area (Å²) in [5.74, 6) is -0.941. The lowest BCUT2D eigenvalue weighted by atomic mass is 10.3. The molecule has 1 heterocycles. The molecule has 1 N–H and O–H groups in total. The van der Waals surface area contributed by atoms with E-state index in [0.29, 0.717) is 0 Å². The van der Waals surface area contributed by atoms with Crippen LogP contribution >= 0.6 is 0 Å². The van der Waals surface area contributed by atoms with Crippen LogP contribution in [0.5, 0.6) is 0 Å². The summed E-state index contributed by atoms with van der Waals surface area (Å²) >= 11 is 0. The third-order valence-corrected chi connectivity index (χ3v) is 5.63. The van der Waals surface area contributed by atoms with Crippen molar-refractivity contribution in [2.45, 2.75) is 18.2 Å². The van der Waals surface area contributed by atoms with Gasteiger partial charge in [0.1, 0.15) is 5.82 Å². The van der Waals surface area contributed by atoms with E-state index in [4.69, 9.17) is 0 Å². The molecule has 9 heteroatoms. The fourth-order valence-electron chi connectivity index (χ4n) is 2.46. The fourth-order valence-corrected chi connectivity index (χ4v) is 3.91. The number of amides is 2. The van der Waals surface area contributed by atoms with Crippen LogP contribution < -0.4 is 5.32 Å². The highest BCUT2D eigenvalue weighted by Crippen LogP contribution is 2.18. The van der Waals surface area contributed by atoms with Gasteiger partial charge >= 0.3 is 0 Å². The largest absolute Gasteiger partial charge is 0.356 e. The second-order valence-corrected chi connectivity index (χ2v) is 7.41. The maximum atomic E-state index is 13.2. The van der Waals surface area contributed by atoms with Gasteiger partial charge in [-0.3, -0.25) is 9.59 Å². The van der Waals surface area contributed by atoms with Crippen molar-refractivity contribution in [2.75, 3.05) is 32.7 Å². The van der Waals surface area contributed by atoms with Crippen LogP contribution in [0.25, 0.3) is 0 Å². The van der Waals surface area contributed by atoms with Gasteiger partial charge in [-0.2, -0.15) is 4.31 Å². The highest BCUT2D eigenvalue weighted by atomic mass is 32.2. The van der Waals surface area contributed by atoms with E-state index in [1.54, 1.807) is 4.90 Å². The summed E-state index contributed by atoms with van der Waals surface area (Å²) in [6.07, 6.45) is 0.177. The van der Waals surface area contributed by atoms with Gasteiger partial charge in [-0.05, 0) is 18.2 Å². The second kappa shape index (κ2) is 7.71. The molecule has 7 nitrogen and oxygen atoms in total. The Hall–Kier alpha value is -2.00. The van der Waals surface area contributed by atoms with Gasteiger partial charge in [-0.25, -0.2) is 12.8 Å². The Morgan fingerprint density at radius 2 is 1.88 bits per heavy atom. The van der Waals surface area contributed by atoms with Gasteiger partial charge in [0, 0.05) is 46.1 Å². The molecule has 0 aromatic heterocycles. The van der Waals surface area contributed by atoms with Crippen molar-refractivity contribution in [2.24, 2.45) is 0 Å². The summed E-state index contributed by atoms with van der Waals surface area (Å²) in [7, 11) is -3.76. The molecule has 1 aliphatic heterocycles. The Bertz CT molecular complexity index is 715. The first kappa shape index (κ1) is 18.3. The van der Waals surface area contributed by atoms with Crippen molar-refractivity contribution in [1.29, 1.82) is 0 Å². The lowest BCUT2D eigenvalue weighted by Crippen LogP contribution is -2.50. The first-order chi connectivity index (χ1) is 11.3. The topological polar surface area (TPSA) is 86.8 Å². The van der Waals surface area contributed by atoms with Crippen molar-refractivity contribution in [3.8, 4) is 0 Å². The molecule has 132 valence electrons. The smallest absolute Gasteiger partial charge is 0.243 e. The van der Waals surface area contributed by atoms with Crippen molar-refractivity contribution < 1.29 is 22.4 Å². The van der Waals surface area contributed by atoms with E-state index in [9.17, 15) is 22.4 Å². The summed E-state index contributed by atoms with van der Waals surface area (Å²) < 4.78 is 39.4. The van der Waals surface area contributed by atoms with E-state index < -0.39 is 15.8 Å². The van der Waals surface area contributed by atoms with Crippen LogP contribution in [0.4, 0.5) is 4.39 Å². The first-order valence-electron chi connectivity index (χ1n) is 7.58. The minimum atomic E-state index is -3.76. The number of hydrogen-bond acceptors (Lipinski definition) is 4. The first-order valence-corrected chi connectivity index (χ1v) is 9.02. The number of carbonyl (C=O) groups is 2. The number of hydrogen-bond donors (Lipinski definition) is 1. The Morgan fingerprint density at radius 3 is 2.46 bits per heavy atom. The average molecular weight is 357 g/mol. The highest BCUT2D eigenvalue weighted by molar-refractivity contribution is 7.89. The molecule has 0 aliphatic carbocycles. The van der Waals surface area contributed by atoms with Crippen molar-refractivity contribution in [1.82, 2.24) is 14.5 Å². The zero-order chi connectivity index (χ0) is 17.7. The lowest BCUT2D eigenvalue weighted by Gasteiger charge is -2.34. The minimum Gasteiger partial charge on any atom is -0.356 e. The summed E-state index contributed by atoms with van der Waals surface area (Å²) in [5.41, 5.74) is 0.